The molecule has 10 aromatic rings. The van der Waals surface area contributed by atoms with Crippen LogP contribution in [0.4, 0.5) is 0 Å². The topological polar surface area (TPSA) is 16.2 Å². The molecule has 0 amide bonds. The highest BCUT2D eigenvalue weighted by molar-refractivity contribution is 5.89. The lowest BCUT2D eigenvalue weighted by Crippen LogP contribution is -2.39. The Bertz CT molecular complexity index is 5060. The van der Waals surface area contributed by atoms with E-state index in [2.05, 4.69) is 340 Å². The van der Waals surface area contributed by atoms with Gasteiger partial charge >= 0.3 is 0 Å². The van der Waals surface area contributed by atoms with Gasteiger partial charge in [0.05, 0.1) is 0 Å². The number of aryl methyl sites for hydroxylation is 9. The molecule has 0 bridgehead atoms. The van der Waals surface area contributed by atoms with Crippen LogP contribution in [0.25, 0.3) is 5.57 Å². The third-order valence-electron chi connectivity index (χ3n) is 29.6. The molecule has 10 heteroatoms. The average molecular weight is 1710 g/mol. The predicted octanol–water partition coefficient (Wildman–Crippen LogP) is 26.6. The van der Waals surface area contributed by atoms with Crippen LogP contribution in [0.5, 0.6) is 0 Å². The number of hydrogen-bond acceptors (Lipinski definition) is 5. The molecule has 5 saturated heterocycles. The van der Waals surface area contributed by atoms with Crippen LogP contribution >= 0.6 is 62.0 Å². The molecule has 0 unspecified atom stereocenters. The third kappa shape index (κ3) is 19.5. The maximum atomic E-state index is 2.68. The van der Waals surface area contributed by atoms with E-state index in [1.54, 1.807) is 61.2 Å². The summed E-state index contributed by atoms with van der Waals surface area (Å²) in [6.45, 7) is 49.7. The van der Waals surface area contributed by atoms with E-state index in [4.69, 9.17) is 0 Å². The molecule has 0 radical (unpaired) electrons. The number of piperidine rings is 5. The largest absolute Gasteiger partial charge is 0.303 e. The van der Waals surface area contributed by atoms with Gasteiger partial charge in [0.2, 0.25) is 0 Å². The van der Waals surface area contributed by atoms with Crippen LogP contribution in [0.2, 0.25) is 0 Å². The van der Waals surface area contributed by atoms with Crippen molar-refractivity contribution in [1.29, 1.82) is 0 Å². The van der Waals surface area contributed by atoms with Crippen molar-refractivity contribution in [1.82, 2.24) is 24.5 Å². The fourth-order valence-electron chi connectivity index (χ4n) is 23.7. The molecule has 0 spiro atoms. The number of nitrogens with zero attached hydrogens (tertiary/aromatic N) is 5. The second-order valence-corrected chi connectivity index (χ2v) is 36.8. The molecule has 0 aromatic heterocycles. The Balaban J connectivity index is 0.000000145. The Morgan fingerprint density at radius 2 is 0.608 bits per heavy atom. The Hall–Kier alpha value is -6.81. The van der Waals surface area contributed by atoms with Gasteiger partial charge in [-0.05, 0) is 278 Å². The summed E-state index contributed by atoms with van der Waals surface area (Å²) >= 11 is 0. The van der Waals surface area contributed by atoms with E-state index in [0.29, 0.717) is 41.4 Å². The van der Waals surface area contributed by atoms with Crippen LogP contribution < -0.4 is 0 Å². The van der Waals surface area contributed by atoms with Crippen molar-refractivity contribution in [3.05, 3.63) is 357 Å². The summed E-state index contributed by atoms with van der Waals surface area (Å²) in [6, 6.07) is 83.6. The summed E-state index contributed by atoms with van der Waals surface area (Å²) in [5.74, 6) is 8.93. The normalized spacial score (nSPS) is 24.5. The van der Waals surface area contributed by atoms with Crippen molar-refractivity contribution >= 4 is 67.6 Å². The monoisotopic (exact) mass is 1700 g/mol. The molecule has 5 nitrogen and oxygen atoms in total. The highest BCUT2D eigenvalue weighted by Gasteiger charge is 2.48. The number of halogens is 5. The zero-order valence-corrected chi connectivity index (χ0v) is 78.5. The minimum Gasteiger partial charge on any atom is -0.303 e. The van der Waals surface area contributed by atoms with Crippen LogP contribution in [0.3, 0.4) is 0 Å². The van der Waals surface area contributed by atoms with Crippen molar-refractivity contribution in [3.8, 4) is 0 Å². The van der Waals surface area contributed by atoms with E-state index in [-0.39, 0.29) is 62.0 Å². The van der Waals surface area contributed by atoms with Crippen LogP contribution in [0.1, 0.15) is 260 Å². The lowest BCUT2D eigenvalue weighted by molar-refractivity contribution is 0.161. The molecule has 120 heavy (non-hydrogen) atoms. The molecule has 20 rings (SSSR count). The second-order valence-electron chi connectivity index (χ2n) is 36.8. The minimum atomic E-state index is 0. The third-order valence-corrected chi connectivity index (χ3v) is 29.6. The number of likely N-dealkylation sites (N-methyl/N-ethyl adjacent to an activating group) is 4. The summed E-state index contributed by atoms with van der Waals surface area (Å²) in [5.41, 5.74) is 39.0. The summed E-state index contributed by atoms with van der Waals surface area (Å²) in [4.78, 5) is 13.2. The molecule has 5 aliphatic heterocycles. The van der Waals surface area contributed by atoms with E-state index < -0.39 is 0 Å². The van der Waals surface area contributed by atoms with Crippen molar-refractivity contribution in [2.24, 2.45) is 23.7 Å². The molecule has 638 valence electrons. The van der Waals surface area contributed by atoms with Crippen molar-refractivity contribution in [2.45, 2.75) is 189 Å². The first-order valence-electron chi connectivity index (χ1n) is 45.2. The van der Waals surface area contributed by atoms with E-state index in [0.717, 1.165) is 42.1 Å². The lowest BCUT2D eigenvalue weighted by atomic mass is 9.77. The SMILES string of the molecule is CCCN1CC[C@H]2[C@H](c3ccc(C)cc3)c3cc(C)ccc3[C@H]2C1.CCN1CCC2=C(c3ccc(C)cc3)c3cc(C)ccc3[C@H]2C1.CCN1CC[C@H]2[C@H](c3ccc(C)cc3)c3ccccc3[C@H]2C1.CCN1CC[C@H]2[C@H](c3ccc(C)cc3C)c3cc(C)ccc3[C@H]2C1.CCN1CC[C@H]2[C@H](c3ccccc3)c3cc(C)ccc3[C@H]2C1.Cl.Cl.Cl.Cl.Cl. The zero-order valence-electron chi connectivity index (χ0n) is 74.4. The zero-order chi connectivity index (χ0) is 79.7. The molecule has 5 aliphatic carbocycles. The van der Waals surface area contributed by atoms with Crippen LogP contribution in [-0.4, -0.2) is 123 Å². The molecule has 13 atom stereocenters. The number of fused-ring (bicyclic) bond motifs is 15. The van der Waals surface area contributed by atoms with E-state index in [9.17, 15) is 0 Å². The molecule has 5 heterocycles. The van der Waals surface area contributed by atoms with Crippen LogP contribution in [0.15, 0.2) is 224 Å². The number of benzene rings is 10. The number of hydrogen-bond donors (Lipinski definition) is 0. The van der Waals surface area contributed by atoms with E-state index in [1.165, 1.54) is 214 Å². The van der Waals surface area contributed by atoms with Gasteiger partial charge in [-0.1, -0.05) is 303 Å². The highest BCUT2D eigenvalue weighted by atomic mass is 35.5. The quantitative estimate of drug-likeness (QED) is 0.128. The van der Waals surface area contributed by atoms with Crippen LogP contribution in [-0.2, 0) is 0 Å². The summed E-state index contributed by atoms with van der Waals surface area (Å²) in [5, 5.41) is 0. The van der Waals surface area contributed by atoms with Gasteiger partial charge in [-0.25, -0.2) is 0 Å². The van der Waals surface area contributed by atoms with Crippen LogP contribution in [0, 0.1) is 86.0 Å². The highest BCUT2D eigenvalue weighted by Crippen LogP contribution is 2.58. The molecule has 0 saturated carbocycles. The molecule has 10 aromatic carbocycles. The average Bonchev–Trinajstić information content (AvgIpc) is 1.61. The fraction of sp³-hybridized carbons (Fsp3) is 0.436. The molecule has 0 N–H and O–H groups in total. The van der Waals surface area contributed by atoms with Gasteiger partial charge in [0, 0.05) is 92.5 Å². The first-order valence-corrected chi connectivity index (χ1v) is 45.2. The molecule has 5 fully saturated rings. The van der Waals surface area contributed by atoms with E-state index >= 15 is 0 Å². The van der Waals surface area contributed by atoms with Gasteiger partial charge in [-0.15, -0.1) is 62.0 Å². The Morgan fingerprint density at radius 3 is 1.05 bits per heavy atom. The van der Waals surface area contributed by atoms with Gasteiger partial charge in [0.15, 0.2) is 0 Å². The van der Waals surface area contributed by atoms with E-state index in [1.807, 2.05) is 0 Å². The summed E-state index contributed by atoms with van der Waals surface area (Å²) < 4.78 is 0. The Morgan fingerprint density at radius 1 is 0.275 bits per heavy atom. The Kier molecular flexibility index (Phi) is 32.7. The number of rotatable bonds is 11. The van der Waals surface area contributed by atoms with Crippen molar-refractivity contribution < 1.29 is 0 Å². The first-order chi connectivity index (χ1) is 56.0. The standard InChI is InChI=1S/2C23H29N.C22H25N.2C21H25N.5ClH/c1-5-24-11-10-20-22(14-24)19-9-7-16(3)13-21(19)23(20)18-8-6-15(2)12-17(18)4;1-4-12-24-13-11-20-22(15-24)19-10-7-17(3)14-21(19)23(20)18-8-5-16(2)6-9-18;1-4-23-12-11-19-21(14-23)18-10-7-16(3)13-20(18)22(19)17-8-5-15(2)6-9-17;1-3-22-13-12-19-20(14-22)17-6-4-5-7-18(17)21(19)16-10-8-15(2)9-11-16;1-3-22-12-11-18-20(14-22)17-10-9-15(2)13-19(17)21(18)16-7-5-4-6-8-16;;;;;/h6-9,12-13,20,22-23H,5,10-11,14H2,1-4H3;5-10,14,20,22-23H,4,11-13,15H2,1-3H3;5-10,13,21H,4,11-12,14H2,1-3H3;4-11,19-21H,3,12-14H2,1-2H3;4-10,13,18,20-21H,3,11-12,14H2,1-2H3;5*1H/t2*20-,22-,23+;21-;19-,20-,21-;18-,20-,21+;;;;;/m11111...../s1. The maximum Gasteiger partial charge on any atom is 0.0192 e. The lowest BCUT2D eigenvalue weighted by Gasteiger charge is -2.37. The smallest absolute Gasteiger partial charge is 0.0192 e. The van der Waals surface area contributed by atoms with Crippen molar-refractivity contribution in [3.63, 3.8) is 0 Å². The minimum absolute atomic E-state index is 0. The van der Waals surface area contributed by atoms with Gasteiger partial charge in [-0.3, -0.25) is 0 Å². The molecule has 10 aliphatic rings. The Labute approximate surface area is 754 Å². The van der Waals surface area contributed by atoms with Gasteiger partial charge in [0.1, 0.15) is 0 Å². The van der Waals surface area contributed by atoms with Gasteiger partial charge < -0.3 is 24.5 Å². The number of likely N-dealkylation sites (tertiary alicyclic amines) is 5. The van der Waals surface area contributed by atoms with Gasteiger partial charge in [-0.2, -0.15) is 0 Å². The first kappa shape index (κ1) is 93.9. The molecular formula is C110H138Cl5N5. The fourth-order valence-corrected chi connectivity index (χ4v) is 23.7. The summed E-state index contributed by atoms with van der Waals surface area (Å²) in [6.07, 6.45) is 7.77. The van der Waals surface area contributed by atoms with Gasteiger partial charge in [0.25, 0.3) is 0 Å². The van der Waals surface area contributed by atoms with Crippen molar-refractivity contribution in [2.75, 3.05) is 98.2 Å². The maximum absolute atomic E-state index is 2.68. The second kappa shape index (κ2) is 41.8. The molecular weight excluding hydrogens is 1570 g/mol. The summed E-state index contributed by atoms with van der Waals surface area (Å²) in [7, 11) is 0. The predicted molar refractivity (Wildman–Crippen MR) is 523 cm³/mol.